The first-order valence-electron chi connectivity index (χ1n) is 5.36. The molecule has 0 aromatic heterocycles. The zero-order chi connectivity index (χ0) is 7.05. The zero-order valence-electron chi connectivity index (χ0n) is 7.05. The molecular formula is C11H16. The number of hydrogen-bond acceptors (Lipinski definition) is 0. The summed E-state index contributed by atoms with van der Waals surface area (Å²) in [7, 11) is 0. The van der Waals surface area contributed by atoms with Crippen molar-refractivity contribution in [3.05, 3.63) is 0 Å². The van der Waals surface area contributed by atoms with Crippen molar-refractivity contribution in [3.63, 3.8) is 0 Å². The van der Waals surface area contributed by atoms with Gasteiger partial charge in [-0.3, -0.25) is 0 Å². The van der Waals surface area contributed by atoms with Crippen LogP contribution in [0.2, 0.25) is 0 Å². The Labute approximate surface area is 68.4 Å². The molecule has 11 heavy (non-hydrogen) atoms. The van der Waals surface area contributed by atoms with Crippen molar-refractivity contribution in [1.29, 1.82) is 0 Å². The standard InChI is InChI=1S/C11H16/c1-7-2-9-3-8(1)5-11(4-7)6-10(9)11/h7-10H,1-6H2/t7-,8+,9?,10?,11?. The van der Waals surface area contributed by atoms with Gasteiger partial charge in [0.1, 0.15) is 0 Å². The average molecular weight is 148 g/mol. The minimum atomic E-state index is 0.967. The van der Waals surface area contributed by atoms with E-state index >= 15 is 0 Å². The van der Waals surface area contributed by atoms with Crippen LogP contribution in [0.5, 0.6) is 0 Å². The van der Waals surface area contributed by atoms with Gasteiger partial charge in [0.25, 0.3) is 0 Å². The summed E-state index contributed by atoms with van der Waals surface area (Å²) in [6.07, 6.45) is 9.80. The Bertz CT molecular complexity index is 204. The van der Waals surface area contributed by atoms with E-state index < -0.39 is 0 Å². The minimum absolute atomic E-state index is 0.967. The molecule has 5 rings (SSSR count). The Morgan fingerprint density at radius 1 is 0.818 bits per heavy atom. The lowest BCUT2D eigenvalue weighted by Gasteiger charge is -2.49. The Kier molecular flexibility index (Phi) is 0.717. The van der Waals surface area contributed by atoms with E-state index in [1.807, 2.05) is 0 Å². The van der Waals surface area contributed by atoms with Crippen LogP contribution < -0.4 is 0 Å². The van der Waals surface area contributed by atoms with Crippen LogP contribution in [0.15, 0.2) is 0 Å². The maximum atomic E-state index is 1.64. The van der Waals surface area contributed by atoms with Crippen LogP contribution in [0.1, 0.15) is 38.5 Å². The molecule has 0 N–H and O–H groups in total. The van der Waals surface area contributed by atoms with Gasteiger partial charge in [-0.25, -0.2) is 0 Å². The van der Waals surface area contributed by atoms with E-state index in [0.29, 0.717) is 0 Å². The fraction of sp³-hybridized carbons (Fsp3) is 1.00. The average Bonchev–Trinajstić information content (AvgIpc) is 2.61. The third-order valence-corrected chi connectivity index (χ3v) is 5.15. The molecule has 0 aromatic rings. The summed E-state index contributed by atoms with van der Waals surface area (Å²) in [6, 6.07) is 0. The molecule has 5 fully saturated rings. The Morgan fingerprint density at radius 2 is 1.55 bits per heavy atom. The van der Waals surface area contributed by atoms with Gasteiger partial charge in [-0.2, -0.15) is 0 Å². The lowest BCUT2D eigenvalue weighted by Crippen LogP contribution is -2.39. The van der Waals surface area contributed by atoms with Gasteiger partial charge in [-0.15, -0.1) is 0 Å². The topological polar surface area (TPSA) is 0 Å². The van der Waals surface area contributed by atoms with Crippen LogP contribution in [0.4, 0.5) is 0 Å². The van der Waals surface area contributed by atoms with Gasteiger partial charge in [0.15, 0.2) is 0 Å². The fourth-order valence-corrected chi connectivity index (χ4v) is 5.03. The summed E-state index contributed by atoms with van der Waals surface area (Å²) in [5, 5.41) is 0. The molecule has 5 saturated carbocycles. The van der Waals surface area contributed by atoms with Crippen molar-refractivity contribution in [1.82, 2.24) is 0 Å². The Morgan fingerprint density at radius 3 is 2.18 bits per heavy atom. The summed E-state index contributed by atoms with van der Waals surface area (Å²) in [6.45, 7) is 0. The van der Waals surface area contributed by atoms with Crippen LogP contribution in [0.3, 0.4) is 0 Å². The molecule has 0 heterocycles. The summed E-state index contributed by atoms with van der Waals surface area (Å²) >= 11 is 0. The molecule has 0 heteroatoms. The Balaban J connectivity index is 1.83. The third-order valence-electron chi connectivity index (χ3n) is 5.15. The molecular weight excluding hydrogens is 132 g/mol. The van der Waals surface area contributed by atoms with Crippen LogP contribution >= 0.6 is 0 Å². The molecule has 0 aromatic carbocycles. The quantitative estimate of drug-likeness (QED) is 0.495. The van der Waals surface area contributed by atoms with Crippen molar-refractivity contribution in [2.75, 3.05) is 0 Å². The van der Waals surface area contributed by atoms with E-state index in [1.165, 1.54) is 23.7 Å². The lowest BCUT2D eigenvalue weighted by atomic mass is 9.56. The van der Waals surface area contributed by atoms with E-state index in [1.54, 1.807) is 38.5 Å². The number of hydrogen-bond donors (Lipinski definition) is 0. The summed E-state index contributed by atoms with van der Waals surface area (Å²) < 4.78 is 0. The van der Waals surface area contributed by atoms with Crippen molar-refractivity contribution < 1.29 is 0 Å². The van der Waals surface area contributed by atoms with Gasteiger partial charge < -0.3 is 0 Å². The van der Waals surface area contributed by atoms with Crippen molar-refractivity contribution in [2.24, 2.45) is 29.1 Å². The molecule has 5 aliphatic carbocycles. The predicted octanol–water partition coefficient (Wildman–Crippen LogP) is 2.83. The lowest BCUT2D eigenvalue weighted by molar-refractivity contribution is 0.0117. The van der Waals surface area contributed by atoms with Crippen molar-refractivity contribution in [3.8, 4) is 0 Å². The van der Waals surface area contributed by atoms with Crippen LogP contribution in [0.25, 0.3) is 0 Å². The third kappa shape index (κ3) is 0.522. The van der Waals surface area contributed by atoms with E-state index in [4.69, 9.17) is 0 Å². The highest BCUT2D eigenvalue weighted by atomic mass is 14.7. The molecule has 4 bridgehead atoms. The van der Waals surface area contributed by atoms with E-state index in [9.17, 15) is 0 Å². The predicted molar refractivity (Wildman–Crippen MR) is 44.1 cm³/mol. The molecule has 0 radical (unpaired) electrons. The first-order chi connectivity index (χ1) is 5.36. The molecule has 0 saturated heterocycles. The van der Waals surface area contributed by atoms with Gasteiger partial charge >= 0.3 is 0 Å². The fourth-order valence-electron chi connectivity index (χ4n) is 5.03. The molecule has 0 aliphatic heterocycles. The van der Waals surface area contributed by atoms with Gasteiger partial charge in [0.05, 0.1) is 0 Å². The molecule has 1 spiro atoms. The van der Waals surface area contributed by atoms with Crippen LogP contribution in [-0.4, -0.2) is 0 Å². The Hall–Kier alpha value is 0. The van der Waals surface area contributed by atoms with E-state index in [-0.39, 0.29) is 0 Å². The van der Waals surface area contributed by atoms with Crippen molar-refractivity contribution in [2.45, 2.75) is 38.5 Å². The van der Waals surface area contributed by atoms with Gasteiger partial charge in [0.2, 0.25) is 0 Å². The molecule has 5 aliphatic rings. The molecule has 0 nitrogen and oxygen atoms in total. The molecule has 60 valence electrons. The van der Waals surface area contributed by atoms with Crippen molar-refractivity contribution >= 4 is 0 Å². The maximum Gasteiger partial charge on any atom is -0.0258 e. The summed E-state index contributed by atoms with van der Waals surface area (Å²) in [4.78, 5) is 0. The molecule has 3 unspecified atom stereocenters. The largest absolute Gasteiger partial charge is 0.0475 e. The van der Waals surface area contributed by atoms with Crippen LogP contribution in [0, 0.1) is 29.1 Å². The first kappa shape index (κ1) is 5.61. The summed E-state index contributed by atoms with van der Waals surface area (Å²) in [5.74, 6) is 4.81. The second kappa shape index (κ2) is 1.41. The molecule has 0 amide bonds. The maximum absolute atomic E-state index is 1.64. The monoisotopic (exact) mass is 148 g/mol. The normalized spacial score (nSPS) is 69.8. The minimum Gasteiger partial charge on any atom is -0.0475 e. The SMILES string of the molecule is C1C2C[C@H]3C[C@@H]1CC1(CC21)C3. The summed E-state index contributed by atoms with van der Waals surface area (Å²) in [5.41, 5.74) is 0.967. The highest BCUT2D eigenvalue weighted by Crippen LogP contribution is 2.75. The second-order valence-corrected chi connectivity index (χ2v) is 5.78. The second-order valence-electron chi connectivity index (χ2n) is 5.78. The highest BCUT2D eigenvalue weighted by molar-refractivity contribution is 5.15. The number of rotatable bonds is 0. The van der Waals surface area contributed by atoms with Gasteiger partial charge in [0, 0.05) is 0 Å². The van der Waals surface area contributed by atoms with Gasteiger partial charge in [-0.05, 0) is 67.6 Å². The smallest absolute Gasteiger partial charge is 0.0258 e. The van der Waals surface area contributed by atoms with E-state index in [2.05, 4.69) is 0 Å². The van der Waals surface area contributed by atoms with E-state index in [0.717, 1.165) is 5.41 Å². The van der Waals surface area contributed by atoms with Crippen LogP contribution in [-0.2, 0) is 0 Å². The zero-order valence-corrected chi connectivity index (χ0v) is 7.05. The molecule has 5 atom stereocenters. The first-order valence-corrected chi connectivity index (χ1v) is 5.36. The van der Waals surface area contributed by atoms with Gasteiger partial charge in [-0.1, -0.05) is 0 Å². The highest BCUT2D eigenvalue weighted by Gasteiger charge is 2.66.